The smallest absolute Gasteiger partial charge is 0.237 e. The predicted octanol–water partition coefficient (Wildman–Crippen LogP) is 0.645. The average Bonchev–Trinajstić information content (AvgIpc) is 2.54. The molecule has 15 heavy (non-hydrogen) atoms. The summed E-state index contributed by atoms with van der Waals surface area (Å²) in [6.07, 6.45) is 0.621. The minimum Gasteiger partial charge on any atom is -0.444 e. The molecule has 5 nitrogen and oxygen atoms in total. The Balaban J connectivity index is 2.47. The Morgan fingerprint density at radius 2 is 2.27 bits per heavy atom. The summed E-state index contributed by atoms with van der Waals surface area (Å²) in [6.45, 7) is 5.86. The van der Waals surface area contributed by atoms with Crippen LogP contribution in [0.4, 0.5) is 0 Å². The van der Waals surface area contributed by atoms with Gasteiger partial charge in [0.25, 0.3) is 0 Å². The highest BCUT2D eigenvalue weighted by atomic mass is 16.4. The number of nitrogens with zero attached hydrogens (tertiary/aromatic N) is 1. The second-order valence-electron chi connectivity index (χ2n) is 3.48. The molecule has 1 unspecified atom stereocenters. The van der Waals surface area contributed by atoms with E-state index in [1.54, 1.807) is 0 Å². The minimum atomic E-state index is -0.456. The van der Waals surface area contributed by atoms with E-state index < -0.39 is 6.04 Å². The summed E-state index contributed by atoms with van der Waals surface area (Å²) in [6, 6.07) is -0.456. The molecule has 0 fully saturated rings. The van der Waals surface area contributed by atoms with Crippen LogP contribution in [0.15, 0.2) is 4.42 Å². The van der Waals surface area contributed by atoms with Gasteiger partial charge in [0.2, 0.25) is 11.8 Å². The van der Waals surface area contributed by atoms with Gasteiger partial charge in [-0.1, -0.05) is 6.92 Å². The third-order valence-electron chi connectivity index (χ3n) is 2.26. The van der Waals surface area contributed by atoms with E-state index in [0.717, 1.165) is 11.5 Å². The van der Waals surface area contributed by atoms with E-state index in [4.69, 9.17) is 10.2 Å². The molecule has 1 atom stereocenters. The Hall–Kier alpha value is -1.36. The first-order chi connectivity index (χ1) is 7.04. The number of aryl methyl sites for hydroxylation is 2. The Kier molecular flexibility index (Phi) is 3.85. The maximum atomic E-state index is 11.3. The number of amides is 1. The summed E-state index contributed by atoms with van der Waals surface area (Å²) < 4.78 is 5.31. The molecule has 0 saturated heterocycles. The molecule has 0 aliphatic heterocycles. The number of carbonyl (C=O) groups excluding carboxylic acids is 1. The number of hydrogen-bond donors (Lipinski definition) is 2. The lowest BCUT2D eigenvalue weighted by molar-refractivity contribution is -0.122. The van der Waals surface area contributed by atoms with Crippen molar-refractivity contribution in [2.75, 3.05) is 0 Å². The van der Waals surface area contributed by atoms with Crippen LogP contribution < -0.4 is 11.1 Å². The Morgan fingerprint density at radius 3 is 2.73 bits per heavy atom. The molecular formula is C10H17N3O2. The number of rotatable bonds is 4. The molecule has 0 aliphatic rings. The van der Waals surface area contributed by atoms with Gasteiger partial charge in [-0.2, -0.15) is 0 Å². The average molecular weight is 211 g/mol. The molecule has 1 aromatic heterocycles. The van der Waals surface area contributed by atoms with Crippen LogP contribution in [0.25, 0.3) is 0 Å². The molecule has 5 heteroatoms. The second kappa shape index (κ2) is 4.93. The highest BCUT2D eigenvalue weighted by Gasteiger charge is 2.12. The lowest BCUT2D eigenvalue weighted by atomic mass is 10.2. The van der Waals surface area contributed by atoms with Crippen molar-refractivity contribution >= 4 is 5.91 Å². The van der Waals surface area contributed by atoms with Crippen molar-refractivity contribution in [3.05, 3.63) is 17.3 Å². The van der Waals surface area contributed by atoms with Gasteiger partial charge in [0.15, 0.2) is 0 Å². The molecule has 3 N–H and O–H groups in total. The number of hydrogen-bond acceptors (Lipinski definition) is 4. The van der Waals surface area contributed by atoms with Crippen LogP contribution in [0.5, 0.6) is 0 Å². The summed E-state index contributed by atoms with van der Waals surface area (Å²) in [5, 5.41) is 2.67. The number of carbonyl (C=O) groups is 1. The molecule has 0 radical (unpaired) electrons. The molecule has 1 heterocycles. The molecule has 84 valence electrons. The van der Waals surface area contributed by atoms with Crippen molar-refractivity contribution in [2.24, 2.45) is 5.73 Å². The first-order valence-corrected chi connectivity index (χ1v) is 5.00. The van der Waals surface area contributed by atoms with Crippen molar-refractivity contribution < 1.29 is 9.21 Å². The van der Waals surface area contributed by atoms with Gasteiger partial charge in [0.1, 0.15) is 5.76 Å². The van der Waals surface area contributed by atoms with Gasteiger partial charge in [-0.25, -0.2) is 4.98 Å². The monoisotopic (exact) mass is 211 g/mol. The molecule has 1 aromatic rings. The highest BCUT2D eigenvalue weighted by molar-refractivity contribution is 5.81. The van der Waals surface area contributed by atoms with Gasteiger partial charge < -0.3 is 15.5 Å². The Morgan fingerprint density at radius 1 is 1.60 bits per heavy atom. The van der Waals surface area contributed by atoms with Gasteiger partial charge in [-0.15, -0.1) is 0 Å². The van der Waals surface area contributed by atoms with Crippen LogP contribution in [0.3, 0.4) is 0 Å². The highest BCUT2D eigenvalue weighted by Crippen LogP contribution is 2.07. The standard InChI is InChI=1S/C10H17N3O2/c1-4-8(11)10(14)12-5-9-13-6(2)7(3)15-9/h8H,4-5,11H2,1-3H3,(H,12,14). The third-order valence-corrected chi connectivity index (χ3v) is 2.26. The van der Waals surface area contributed by atoms with Crippen LogP contribution in [0, 0.1) is 13.8 Å². The van der Waals surface area contributed by atoms with Gasteiger partial charge in [-0.3, -0.25) is 4.79 Å². The van der Waals surface area contributed by atoms with E-state index in [-0.39, 0.29) is 5.91 Å². The van der Waals surface area contributed by atoms with E-state index in [0.29, 0.717) is 18.9 Å². The van der Waals surface area contributed by atoms with Crippen molar-refractivity contribution in [3.8, 4) is 0 Å². The van der Waals surface area contributed by atoms with Gasteiger partial charge in [0, 0.05) is 0 Å². The zero-order chi connectivity index (χ0) is 11.4. The van der Waals surface area contributed by atoms with Gasteiger partial charge >= 0.3 is 0 Å². The van der Waals surface area contributed by atoms with Crippen molar-refractivity contribution in [3.63, 3.8) is 0 Å². The Bertz CT molecular complexity index is 327. The summed E-state index contributed by atoms with van der Waals surface area (Å²) in [7, 11) is 0. The summed E-state index contributed by atoms with van der Waals surface area (Å²) in [5.41, 5.74) is 6.40. The third kappa shape index (κ3) is 3.06. The van der Waals surface area contributed by atoms with Crippen LogP contribution in [-0.4, -0.2) is 16.9 Å². The fourth-order valence-electron chi connectivity index (χ4n) is 1.09. The van der Waals surface area contributed by atoms with E-state index in [1.807, 2.05) is 20.8 Å². The quantitative estimate of drug-likeness (QED) is 0.766. The summed E-state index contributed by atoms with van der Waals surface area (Å²) in [5.74, 6) is 1.12. The lowest BCUT2D eigenvalue weighted by Gasteiger charge is -2.07. The van der Waals surface area contributed by atoms with E-state index in [1.165, 1.54) is 0 Å². The summed E-state index contributed by atoms with van der Waals surface area (Å²) in [4.78, 5) is 15.5. The maximum Gasteiger partial charge on any atom is 0.237 e. The lowest BCUT2D eigenvalue weighted by Crippen LogP contribution is -2.39. The van der Waals surface area contributed by atoms with Crippen molar-refractivity contribution in [1.82, 2.24) is 10.3 Å². The molecule has 0 aliphatic carbocycles. The molecule has 0 bridgehead atoms. The molecular weight excluding hydrogens is 194 g/mol. The molecule has 1 amide bonds. The summed E-state index contributed by atoms with van der Waals surface area (Å²) >= 11 is 0. The molecule has 0 spiro atoms. The zero-order valence-electron chi connectivity index (χ0n) is 9.33. The predicted molar refractivity (Wildman–Crippen MR) is 56.1 cm³/mol. The first-order valence-electron chi connectivity index (χ1n) is 5.00. The number of aromatic nitrogens is 1. The Labute approximate surface area is 89.1 Å². The molecule has 0 aromatic carbocycles. The zero-order valence-corrected chi connectivity index (χ0v) is 9.33. The van der Waals surface area contributed by atoms with E-state index in [2.05, 4.69) is 10.3 Å². The van der Waals surface area contributed by atoms with Crippen LogP contribution >= 0.6 is 0 Å². The van der Waals surface area contributed by atoms with Gasteiger partial charge in [-0.05, 0) is 20.3 Å². The minimum absolute atomic E-state index is 0.175. The topological polar surface area (TPSA) is 81.2 Å². The molecule has 0 saturated carbocycles. The second-order valence-corrected chi connectivity index (χ2v) is 3.48. The molecule has 1 rings (SSSR count). The van der Waals surface area contributed by atoms with Gasteiger partial charge in [0.05, 0.1) is 18.3 Å². The fourth-order valence-corrected chi connectivity index (χ4v) is 1.09. The number of oxazole rings is 1. The van der Waals surface area contributed by atoms with Crippen molar-refractivity contribution in [1.29, 1.82) is 0 Å². The first kappa shape index (κ1) is 11.7. The van der Waals surface area contributed by atoms with Crippen LogP contribution in [-0.2, 0) is 11.3 Å². The maximum absolute atomic E-state index is 11.3. The van der Waals surface area contributed by atoms with Crippen LogP contribution in [0.1, 0.15) is 30.7 Å². The number of nitrogens with one attached hydrogen (secondary N) is 1. The SMILES string of the molecule is CCC(N)C(=O)NCc1nc(C)c(C)o1. The van der Waals surface area contributed by atoms with Crippen molar-refractivity contribution in [2.45, 2.75) is 39.8 Å². The van der Waals surface area contributed by atoms with E-state index in [9.17, 15) is 4.79 Å². The normalized spacial score (nSPS) is 12.5. The largest absolute Gasteiger partial charge is 0.444 e. The number of nitrogens with two attached hydrogens (primary N) is 1. The fraction of sp³-hybridized carbons (Fsp3) is 0.600. The van der Waals surface area contributed by atoms with Crippen LogP contribution in [0.2, 0.25) is 0 Å². The van der Waals surface area contributed by atoms with E-state index >= 15 is 0 Å².